The van der Waals surface area contributed by atoms with E-state index in [-0.39, 0.29) is 29.2 Å². The minimum Gasteiger partial charge on any atom is -0.496 e. The monoisotopic (exact) mass is 399 g/mol. The summed E-state index contributed by atoms with van der Waals surface area (Å²) in [5.74, 6) is -2.23. The van der Waals surface area contributed by atoms with Gasteiger partial charge in [-0.1, -0.05) is 6.07 Å². The molecule has 0 atom stereocenters. The topological polar surface area (TPSA) is 93.5 Å². The van der Waals surface area contributed by atoms with Crippen LogP contribution in [-0.4, -0.2) is 25.1 Å². The van der Waals surface area contributed by atoms with Crippen LogP contribution in [0.5, 0.6) is 5.75 Å². The van der Waals surface area contributed by atoms with Gasteiger partial charge in [-0.2, -0.15) is 13.2 Å². The van der Waals surface area contributed by atoms with Crippen molar-refractivity contribution in [3.05, 3.63) is 53.3 Å². The van der Waals surface area contributed by atoms with Gasteiger partial charge in [0.25, 0.3) is 5.91 Å². The molecule has 0 aromatic heterocycles. The number of alkyl halides is 3. The molecule has 0 bridgehead atoms. The fraction of sp³-hybridized carbons (Fsp3) is 0.222. The fourth-order valence-corrected chi connectivity index (χ4v) is 2.35. The quantitative estimate of drug-likeness (QED) is 0.514. The lowest BCUT2D eigenvalue weighted by Gasteiger charge is -2.12. The van der Waals surface area contributed by atoms with Gasteiger partial charge in [0.2, 0.25) is 5.91 Å². The van der Waals surface area contributed by atoms with Crippen molar-refractivity contribution < 1.29 is 31.9 Å². The maximum Gasteiger partial charge on any atom is 0.397 e. The fourth-order valence-electron chi connectivity index (χ4n) is 2.35. The molecule has 0 heterocycles. The summed E-state index contributed by atoms with van der Waals surface area (Å²) in [7, 11) is 1.34. The number of hydrogen-bond donors (Lipinski definition) is 3. The summed E-state index contributed by atoms with van der Waals surface area (Å²) in [6.07, 6.45) is -6.22. The van der Waals surface area contributed by atoms with Crippen LogP contribution < -0.4 is 21.1 Å². The average molecular weight is 399 g/mol. The van der Waals surface area contributed by atoms with Gasteiger partial charge in [-0.3, -0.25) is 9.59 Å². The van der Waals surface area contributed by atoms with E-state index in [0.717, 1.165) is 12.1 Å². The minimum atomic E-state index is -4.61. The molecule has 0 radical (unpaired) electrons. The second-order valence-electron chi connectivity index (χ2n) is 5.78. The molecule has 28 heavy (non-hydrogen) atoms. The first-order valence-corrected chi connectivity index (χ1v) is 7.96. The molecular formula is C18H17F4N3O3. The zero-order valence-electron chi connectivity index (χ0n) is 14.7. The number of hydrogen-bond acceptors (Lipinski definition) is 4. The average Bonchev–Trinajstić information content (AvgIpc) is 2.59. The summed E-state index contributed by atoms with van der Waals surface area (Å²) in [5, 5.41) is 4.64. The van der Waals surface area contributed by atoms with Crippen LogP contribution in [0.4, 0.5) is 28.9 Å². The lowest BCUT2D eigenvalue weighted by Crippen LogP contribution is -2.24. The number of carbonyl (C=O) groups excluding carboxylic acids is 2. The second-order valence-corrected chi connectivity index (χ2v) is 5.78. The molecule has 6 nitrogen and oxygen atoms in total. The van der Waals surface area contributed by atoms with E-state index in [0.29, 0.717) is 5.56 Å². The predicted molar refractivity (Wildman–Crippen MR) is 94.3 cm³/mol. The summed E-state index contributed by atoms with van der Waals surface area (Å²) < 4.78 is 54.9. The molecule has 2 aromatic rings. The summed E-state index contributed by atoms with van der Waals surface area (Å²) in [4.78, 5) is 23.6. The molecule has 0 spiro atoms. The molecule has 2 aromatic carbocycles. The highest BCUT2D eigenvalue weighted by atomic mass is 19.4. The molecular weight excluding hydrogens is 382 g/mol. The van der Waals surface area contributed by atoms with Gasteiger partial charge in [-0.05, 0) is 35.9 Å². The molecule has 150 valence electrons. The van der Waals surface area contributed by atoms with E-state index in [4.69, 9.17) is 10.5 Å². The smallest absolute Gasteiger partial charge is 0.397 e. The molecule has 4 N–H and O–H groups in total. The molecule has 2 amide bonds. The van der Waals surface area contributed by atoms with Crippen molar-refractivity contribution in [2.45, 2.75) is 19.1 Å². The summed E-state index contributed by atoms with van der Waals surface area (Å²) >= 11 is 0. The van der Waals surface area contributed by atoms with Gasteiger partial charge in [0.1, 0.15) is 18.0 Å². The standard InChI is InChI=1S/C18H17F4N3O3/c1-28-15-5-3-11(19)6-13(15)17(27)24-9-10-2-4-12(7-14(10)23)25-16(26)8-18(20,21)22/h2-7H,8-9,23H2,1H3,(H,24,27)(H,25,26). The molecule has 0 unspecified atom stereocenters. The Morgan fingerprint density at radius 2 is 1.86 bits per heavy atom. The van der Waals surface area contributed by atoms with E-state index in [1.807, 2.05) is 0 Å². The number of anilines is 2. The number of rotatable bonds is 6. The Kier molecular flexibility index (Phi) is 6.45. The van der Waals surface area contributed by atoms with E-state index >= 15 is 0 Å². The van der Waals surface area contributed by atoms with E-state index in [1.54, 1.807) is 0 Å². The van der Waals surface area contributed by atoms with Gasteiger partial charge in [0.05, 0.1) is 12.7 Å². The lowest BCUT2D eigenvalue weighted by atomic mass is 10.1. The lowest BCUT2D eigenvalue weighted by molar-refractivity contribution is -0.150. The van der Waals surface area contributed by atoms with Crippen LogP contribution in [0.3, 0.4) is 0 Å². The number of nitrogen functional groups attached to an aromatic ring is 1. The van der Waals surface area contributed by atoms with E-state index in [9.17, 15) is 27.2 Å². The molecule has 0 aliphatic heterocycles. The molecule has 0 aliphatic rings. The first-order valence-electron chi connectivity index (χ1n) is 7.96. The van der Waals surface area contributed by atoms with Crippen LogP contribution in [-0.2, 0) is 11.3 Å². The molecule has 0 aliphatic carbocycles. The number of halogens is 4. The first-order chi connectivity index (χ1) is 13.1. The van der Waals surface area contributed by atoms with Gasteiger partial charge in [0.15, 0.2) is 0 Å². The second kappa shape index (κ2) is 8.59. The summed E-state index contributed by atoms with van der Waals surface area (Å²) in [6.45, 7) is -0.0267. The Hall–Kier alpha value is -3.30. The molecule has 0 fully saturated rings. The SMILES string of the molecule is COc1ccc(F)cc1C(=O)NCc1ccc(NC(=O)CC(F)(F)F)cc1N. The van der Waals surface area contributed by atoms with E-state index < -0.39 is 30.2 Å². The summed E-state index contributed by atoms with van der Waals surface area (Å²) in [6, 6.07) is 7.57. The Balaban J connectivity index is 2.03. The molecule has 0 saturated heterocycles. The van der Waals surface area contributed by atoms with Crippen molar-refractivity contribution in [2.24, 2.45) is 0 Å². The predicted octanol–water partition coefficient (Wildman–Crippen LogP) is 3.24. The normalized spacial score (nSPS) is 11.0. The number of amides is 2. The van der Waals surface area contributed by atoms with Crippen LogP contribution >= 0.6 is 0 Å². The van der Waals surface area contributed by atoms with E-state index in [1.165, 1.54) is 31.4 Å². The number of nitrogens with two attached hydrogens (primary N) is 1. The Labute approximate surface area is 157 Å². The third kappa shape index (κ3) is 5.86. The van der Waals surface area contributed by atoms with Crippen molar-refractivity contribution in [3.63, 3.8) is 0 Å². The Morgan fingerprint density at radius 3 is 2.46 bits per heavy atom. The van der Waals surface area contributed by atoms with Crippen molar-refractivity contribution in [3.8, 4) is 5.75 Å². The van der Waals surface area contributed by atoms with Crippen LogP contribution in [0, 0.1) is 5.82 Å². The van der Waals surface area contributed by atoms with Crippen LogP contribution in [0.25, 0.3) is 0 Å². The van der Waals surface area contributed by atoms with Gasteiger partial charge < -0.3 is 21.1 Å². The van der Waals surface area contributed by atoms with Gasteiger partial charge >= 0.3 is 6.18 Å². The van der Waals surface area contributed by atoms with Crippen LogP contribution in [0.2, 0.25) is 0 Å². The van der Waals surface area contributed by atoms with Crippen molar-refractivity contribution >= 4 is 23.2 Å². The van der Waals surface area contributed by atoms with Crippen LogP contribution in [0.1, 0.15) is 22.3 Å². The van der Waals surface area contributed by atoms with Gasteiger partial charge in [-0.25, -0.2) is 4.39 Å². The number of carbonyl (C=O) groups is 2. The highest BCUT2D eigenvalue weighted by Crippen LogP contribution is 2.23. The van der Waals surface area contributed by atoms with Crippen molar-refractivity contribution in [2.75, 3.05) is 18.2 Å². The zero-order valence-corrected chi connectivity index (χ0v) is 14.7. The molecule has 2 rings (SSSR count). The number of nitrogens with one attached hydrogen (secondary N) is 2. The molecule has 0 saturated carbocycles. The number of benzene rings is 2. The van der Waals surface area contributed by atoms with Crippen molar-refractivity contribution in [1.82, 2.24) is 5.32 Å². The van der Waals surface area contributed by atoms with Crippen molar-refractivity contribution in [1.29, 1.82) is 0 Å². The molecule has 10 heteroatoms. The maximum atomic E-state index is 13.4. The highest BCUT2D eigenvalue weighted by molar-refractivity contribution is 5.97. The van der Waals surface area contributed by atoms with Crippen LogP contribution in [0.15, 0.2) is 36.4 Å². The van der Waals surface area contributed by atoms with E-state index in [2.05, 4.69) is 10.6 Å². The summed E-state index contributed by atoms with van der Waals surface area (Å²) in [5.41, 5.74) is 6.51. The third-order valence-corrected chi connectivity index (χ3v) is 3.64. The maximum absolute atomic E-state index is 13.4. The Bertz CT molecular complexity index is 885. The number of ether oxygens (including phenoxy) is 1. The highest BCUT2D eigenvalue weighted by Gasteiger charge is 2.31. The first kappa shape index (κ1) is 21.0. The third-order valence-electron chi connectivity index (χ3n) is 3.64. The largest absolute Gasteiger partial charge is 0.496 e. The number of methoxy groups -OCH3 is 1. The van der Waals surface area contributed by atoms with Gasteiger partial charge in [0, 0.05) is 17.9 Å². The van der Waals surface area contributed by atoms with Gasteiger partial charge in [-0.15, -0.1) is 0 Å². The minimum absolute atomic E-state index is 0.00268. The Morgan fingerprint density at radius 1 is 1.14 bits per heavy atom. The zero-order chi connectivity index (χ0) is 20.9.